The molecule has 2 atom stereocenters. The molecule has 0 saturated carbocycles. The van der Waals surface area contributed by atoms with Gasteiger partial charge in [-0.3, -0.25) is 9.59 Å². The minimum absolute atomic E-state index is 0.00218. The zero-order valence-corrected chi connectivity index (χ0v) is 11.8. The number of likely N-dealkylation sites (tertiary alicyclic amines) is 1. The Bertz CT molecular complexity index is 470. The predicted octanol–water partition coefficient (Wildman–Crippen LogP) is 1.96. The van der Waals surface area contributed by atoms with Crippen LogP contribution in [0.2, 0.25) is 0 Å². The number of amides is 2. The molecule has 0 unspecified atom stereocenters. The molecule has 2 amide bonds. The number of nitrogens with zero attached hydrogens (tertiary/aromatic N) is 1. The van der Waals surface area contributed by atoms with Gasteiger partial charge in [-0.15, -0.1) is 17.9 Å². The predicted molar refractivity (Wildman–Crippen MR) is 75.8 cm³/mol. The third kappa shape index (κ3) is 2.87. The Morgan fingerprint density at radius 2 is 2.47 bits per heavy atom. The number of piperidine rings is 1. The van der Waals surface area contributed by atoms with E-state index in [4.69, 9.17) is 0 Å². The third-order valence-electron chi connectivity index (χ3n) is 3.45. The van der Waals surface area contributed by atoms with Gasteiger partial charge >= 0.3 is 0 Å². The van der Waals surface area contributed by atoms with Crippen molar-refractivity contribution in [3.63, 3.8) is 0 Å². The van der Waals surface area contributed by atoms with Crippen LogP contribution in [0, 0.1) is 5.92 Å². The highest BCUT2D eigenvalue weighted by atomic mass is 32.1. The summed E-state index contributed by atoms with van der Waals surface area (Å²) in [5.41, 5.74) is 0. The number of hydrogen-bond donors (Lipinski definition) is 1. The van der Waals surface area contributed by atoms with E-state index in [-0.39, 0.29) is 23.8 Å². The van der Waals surface area contributed by atoms with Crippen LogP contribution < -0.4 is 5.32 Å². The quantitative estimate of drug-likeness (QED) is 0.856. The summed E-state index contributed by atoms with van der Waals surface area (Å²) in [7, 11) is 1.78. The molecule has 4 nitrogen and oxygen atoms in total. The highest BCUT2D eigenvalue weighted by Gasteiger charge is 2.39. The Balaban J connectivity index is 2.22. The van der Waals surface area contributed by atoms with E-state index in [2.05, 4.69) is 11.9 Å². The number of hydrogen-bond acceptors (Lipinski definition) is 3. The van der Waals surface area contributed by atoms with Crippen molar-refractivity contribution in [3.05, 3.63) is 35.0 Å². The highest BCUT2D eigenvalue weighted by Crippen LogP contribution is 2.37. The lowest BCUT2D eigenvalue weighted by atomic mass is 9.87. The second-order valence-electron chi connectivity index (χ2n) is 4.64. The van der Waals surface area contributed by atoms with Gasteiger partial charge in [0.15, 0.2) is 0 Å². The van der Waals surface area contributed by atoms with Gasteiger partial charge in [-0.05, 0) is 17.9 Å². The van der Waals surface area contributed by atoms with E-state index in [1.807, 2.05) is 17.5 Å². The van der Waals surface area contributed by atoms with E-state index in [1.54, 1.807) is 29.4 Å². The molecule has 1 saturated heterocycles. The summed E-state index contributed by atoms with van der Waals surface area (Å²) >= 11 is 1.59. The molecule has 1 aromatic heterocycles. The van der Waals surface area contributed by atoms with Crippen molar-refractivity contribution in [2.24, 2.45) is 5.92 Å². The Morgan fingerprint density at radius 1 is 1.68 bits per heavy atom. The van der Waals surface area contributed by atoms with Gasteiger partial charge in [-0.1, -0.05) is 12.1 Å². The summed E-state index contributed by atoms with van der Waals surface area (Å²) in [5, 5.41) is 4.81. The lowest BCUT2D eigenvalue weighted by Crippen LogP contribution is -2.46. The fraction of sp³-hybridized carbons (Fsp3) is 0.429. The SMILES string of the molecule is C=CCNC(=O)[C@@H]1CCC(=O)N(C)[C@H]1c1cccs1. The Hall–Kier alpha value is -1.62. The van der Waals surface area contributed by atoms with Crippen molar-refractivity contribution in [1.29, 1.82) is 0 Å². The standard InChI is InChI=1S/C14H18N2O2S/c1-3-8-15-14(18)10-6-7-12(17)16(2)13(10)11-5-4-9-19-11/h3-5,9-10,13H,1,6-8H2,2H3,(H,15,18)/t10-,13-/m1/s1. The molecular weight excluding hydrogens is 260 g/mol. The minimum atomic E-state index is -0.179. The first-order chi connectivity index (χ1) is 9.15. The lowest BCUT2D eigenvalue weighted by molar-refractivity contribution is -0.141. The number of carbonyl (C=O) groups is 2. The number of carbonyl (C=O) groups excluding carboxylic acids is 2. The molecule has 0 radical (unpaired) electrons. The van der Waals surface area contributed by atoms with Crippen molar-refractivity contribution >= 4 is 23.2 Å². The first-order valence-electron chi connectivity index (χ1n) is 6.32. The van der Waals surface area contributed by atoms with Crippen LogP contribution in [0.4, 0.5) is 0 Å². The van der Waals surface area contributed by atoms with Crippen LogP contribution in [0.3, 0.4) is 0 Å². The van der Waals surface area contributed by atoms with Crippen molar-refractivity contribution < 1.29 is 9.59 Å². The minimum Gasteiger partial charge on any atom is -0.352 e. The molecular formula is C14H18N2O2S. The molecule has 0 aliphatic carbocycles. The Labute approximate surface area is 117 Å². The van der Waals surface area contributed by atoms with Gasteiger partial charge in [0.25, 0.3) is 0 Å². The molecule has 2 heterocycles. The molecule has 102 valence electrons. The monoisotopic (exact) mass is 278 g/mol. The first kappa shape index (κ1) is 13.8. The highest BCUT2D eigenvalue weighted by molar-refractivity contribution is 7.10. The van der Waals surface area contributed by atoms with Crippen LogP contribution in [0.25, 0.3) is 0 Å². The molecule has 1 aromatic rings. The van der Waals surface area contributed by atoms with Crippen LogP contribution in [0.15, 0.2) is 30.2 Å². The molecule has 19 heavy (non-hydrogen) atoms. The third-order valence-corrected chi connectivity index (χ3v) is 4.40. The van der Waals surface area contributed by atoms with Crippen molar-refractivity contribution in [2.45, 2.75) is 18.9 Å². The molecule has 0 bridgehead atoms. The Morgan fingerprint density at radius 3 is 3.11 bits per heavy atom. The van der Waals surface area contributed by atoms with Gasteiger partial charge in [0, 0.05) is 24.9 Å². The molecule has 5 heteroatoms. The van der Waals surface area contributed by atoms with Crippen molar-refractivity contribution in [3.8, 4) is 0 Å². The van der Waals surface area contributed by atoms with Gasteiger partial charge < -0.3 is 10.2 Å². The van der Waals surface area contributed by atoms with Gasteiger partial charge in [0.05, 0.1) is 12.0 Å². The second-order valence-corrected chi connectivity index (χ2v) is 5.62. The van der Waals surface area contributed by atoms with Crippen LogP contribution in [-0.2, 0) is 9.59 Å². The van der Waals surface area contributed by atoms with Crippen LogP contribution >= 0.6 is 11.3 Å². The molecule has 1 aliphatic heterocycles. The summed E-state index contributed by atoms with van der Waals surface area (Å²) in [6, 6.07) is 3.79. The van der Waals surface area contributed by atoms with E-state index in [1.165, 1.54) is 0 Å². The van der Waals surface area contributed by atoms with E-state index in [0.29, 0.717) is 19.4 Å². The topological polar surface area (TPSA) is 49.4 Å². The van der Waals surface area contributed by atoms with E-state index < -0.39 is 0 Å². The number of thiophene rings is 1. The van der Waals surface area contributed by atoms with Crippen LogP contribution in [-0.4, -0.2) is 30.3 Å². The molecule has 1 fully saturated rings. The largest absolute Gasteiger partial charge is 0.352 e. The summed E-state index contributed by atoms with van der Waals surface area (Å²) in [6.07, 6.45) is 2.70. The molecule has 2 rings (SSSR count). The van der Waals surface area contributed by atoms with Gasteiger partial charge in [-0.2, -0.15) is 0 Å². The smallest absolute Gasteiger partial charge is 0.225 e. The zero-order valence-electron chi connectivity index (χ0n) is 11.0. The summed E-state index contributed by atoms with van der Waals surface area (Å²) < 4.78 is 0. The fourth-order valence-corrected chi connectivity index (χ4v) is 3.40. The molecule has 1 aliphatic rings. The fourth-order valence-electron chi connectivity index (χ4n) is 2.47. The summed E-state index contributed by atoms with van der Waals surface area (Å²) in [4.78, 5) is 26.9. The summed E-state index contributed by atoms with van der Waals surface area (Å²) in [5.74, 6) is -0.0786. The van der Waals surface area contributed by atoms with E-state index in [9.17, 15) is 9.59 Å². The number of rotatable bonds is 4. The number of nitrogens with one attached hydrogen (secondary N) is 1. The van der Waals surface area contributed by atoms with Crippen LogP contribution in [0.1, 0.15) is 23.8 Å². The normalized spacial score (nSPS) is 23.2. The molecule has 1 N–H and O–H groups in total. The van der Waals surface area contributed by atoms with Crippen molar-refractivity contribution in [2.75, 3.05) is 13.6 Å². The average Bonchev–Trinajstić information content (AvgIpc) is 2.92. The van der Waals surface area contributed by atoms with Crippen molar-refractivity contribution in [1.82, 2.24) is 10.2 Å². The van der Waals surface area contributed by atoms with Gasteiger partial charge in [0.1, 0.15) is 0 Å². The lowest BCUT2D eigenvalue weighted by Gasteiger charge is -2.37. The van der Waals surface area contributed by atoms with Gasteiger partial charge in [-0.25, -0.2) is 0 Å². The molecule has 0 aromatic carbocycles. The first-order valence-corrected chi connectivity index (χ1v) is 7.20. The summed E-state index contributed by atoms with van der Waals surface area (Å²) in [6.45, 7) is 4.06. The average molecular weight is 278 g/mol. The maximum Gasteiger partial charge on any atom is 0.225 e. The Kier molecular flexibility index (Phi) is 4.37. The van der Waals surface area contributed by atoms with Gasteiger partial charge in [0.2, 0.25) is 11.8 Å². The van der Waals surface area contributed by atoms with Crippen LogP contribution in [0.5, 0.6) is 0 Å². The maximum absolute atomic E-state index is 12.2. The zero-order chi connectivity index (χ0) is 13.8. The molecule has 0 spiro atoms. The second kappa shape index (κ2) is 6.02. The van der Waals surface area contributed by atoms with E-state index >= 15 is 0 Å². The van der Waals surface area contributed by atoms with E-state index in [0.717, 1.165) is 4.88 Å². The maximum atomic E-state index is 12.2.